The largest absolute Gasteiger partial charge is 0.379 e. The third-order valence-corrected chi connectivity index (χ3v) is 6.87. The Balaban J connectivity index is 1.42. The summed E-state index contributed by atoms with van der Waals surface area (Å²) >= 11 is 6.23. The molecule has 1 aromatic carbocycles. The maximum absolute atomic E-state index is 12.3. The molecule has 25 heavy (non-hydrogen) atoms. The van der Waals surface area contributed by atoms with E-state index in [1.807, 2.05) is 18.2 Å². The molecule has 0 amide bonds. The van der Waals surface area contributed by atoms with Crippen molar-refractivity contribution in [2.24, 2.45) is 5.92 Å². The lowest BCUT2D eigenvalue weighted by Gasteiger charge is -2.33. The van der Waals surface area contributed by atoms with Crippen LogP contribution in [0.5, 0.6) is 0 Å². The first-order valence-electron chi connectivity index (χ1n) is 8.83. The highest BCUT2D eigenvalue weighted by Crippen LogP contribution is 2.22. The van der Waals surface area contributed by atoms with E-state index in [4.69, 9.17) is 16.3 Å². The Kier molecular flexibility index (Phi) is 6.71. The van der Waals surface area contributed by atoms with Crippen molar-refractivity contribution in [2.45, 2.75) is 19.4 Å². The number of rotatable bonds is 6. The SMILES string of the molecule is O=S(=O)(NCC1CCN(Cc2ccccc2Cl)CC1)N1CCOCC1. The fourth-order valence-electron chi connectivity index (χ4n) is 3.32. The van der Waals surface area contributed by atoms with Crippen molar-refractivity contribution in [1.82, 2.24) is 13.9 Å². The monoisotopic (exact) mass is 387 g/mol. The average molecular weight is 388 g/mol. The highest BCUT2D eigenvalue weighted by molar-refractivity contribution is 7.87. The van der Waals surface area contributed by atoms with Gasteiger partial charge in [-0.15, -0.1) is 0 Å². The molecule has 0 unspecified atom stereocenters. The number of likely N-dealkylation sites (tertiary alicyclic amines) is 1. The zero-order chi connectivity index (χ0) is 17.7. The van der Waals surface area contributed by atoms with Crippen LogP contribution in [0.25, 0.3) is 0 Å². The summed E-state index contributed by atoms with van der Waals surface area (Å²) in [6.07, 6.45) is 1.99. The highest BCUT2D eigenvalue weighted by Gasteiger charge is 2.26. The summed E-state index contributed by atoms with van der Waals surface area (Å²) in [5.74, 6) is 0.387. The number of ether oxygens (including phenoxy) is 1. The summed E-state index contributed by atoms with van der Waals surface area (Å²) in [6.45, 7) is 5.12. The van der Waals surface area contributed by atoms with Crippen LogP contribution in [0.2, 0.25) is 5.02 Å². The smallest absolute Gasteiger partial charge is 0.279 e. The fourth-order valence-corrected chi connectivity index (χ4v) is 4.77. The second kappa shape index (κ2) is 8.79. The minimum Gasteiger partial charge on any atom is -0.379 e. The molecule has 0 bridgehead atoms. The van der Waals surface area contributed by atoms with E-state index in [9.17, 15) is 8.42 Å². The van der Waals surface area contributed by atoms with Gasteiger partial charge in [0.05, 0.1) is 13.2 Å². The van der Waals surface area contributed by atoms with Crippen molar-refractivity contribution in [3.63, 3.8) is 0 Å². The van der Waals surface area contributed by atoms with Gasteiger partial charge < -0.3 is 4.74 Å². The summed E-state index contributed by atoms with van der Waals surface area (Å²) < 4.78 is 34.1. The van der Waals surface area contributed by atoms with Gasteiger partial charge in [-0.2, -0.15) is 12.7 Å². The Morgan fingerprint density at radius 2 is 1.80 bits per heavy atom. The van der Waals surface area contributed by atoms with Crippen LogP contribution in [0.1, 0.15) is 18.4 Å². The second-order valence-electron chi connectivity index (χ2n) is 6.68. The maximum Gasteiger partial charge on any atom is 0.279 e. The number of piperidine rings is 1. The van der Waals surface area contributed by atoms with E-state index < -0.39 is 10.2 Å². The summed E-state index contributed by atoms with van der Waals surface area (Å²) in [7, 11) is -3.38. The van der Waals surface area contributed by atoms with Crippen molar-refractivity contribution in [3.8, 4) is 0 Å². The number of hydrogen-bond donors (Lipinski definition) is 1. The minimum atomic E-state index is -3.38. The molecule has 0 radical (unpaired) electrons. The summed E-state index contributed by atoms with van der Waals surface area (Å²) in [4.78, 5) is 2.38. The van der Waals surface area contributed by atoms with Crippen molar-refractivity contribution >= 4 is 21.8 Å². The summed E-state index contributed by atoms with van der Waals surface area (Å²) in [6, 6.07) is 7.93. The zero-order valence-electron chi connectivity index (χ0n) is 14.4. The lowest BCUT2D eigenvalue weighted by atomic mass is 9.97. The molecule has 0 spiro atoms. The summed E-state index contributed by atoms with van der Waals surface area (Å²) in [5.41, 5.74) is 1.15. The molecule has 140 valence electrons. The van der Waals surface area contributed by atoms with E-state index in [0.29, 0.717) is 38.8 Å². The van der Waals surface area contributed by atoms with Crippen molar-refractivity contribution in [2.75, 3.05) is 45.9 Å². The first-order valence-corrected chi connectivity index (χ1v) is 10.6. The Bertz CT molecular complexity index is 657. The topological polar surface area (TPSA) is 61.9 Å². The molecule has 1 N–H and O–H groups in total. The average Bonchev–Trinajstić information content (AvgIpc) is 2.64. The maximum atomic E-state index is 12.3. The van der Waals surface area contributed by atoms with Gasteiger partial charge in [-0.25, -0.2) is 4.72 Å². The number of halogens is 1. The van der Waals surface area contributed by atoms with Crippen molar-refractivity contribution < 1.29 is 13.2 Å². The van der Waals surface area contributed by atoms with Gasteiger partial charge in [0.2, 0.25) is 0 Å². The number of hydrogen-bond acceptors (Lipinski definition) is 4. The molecule has 6 nitrogen and oxygen atoms in total. The van der Waals surface area contributed by atoms with Crippen LogP contribution in [-0.4, -0.2) is 63.6 Å². The molecule has 1 aromatic rings. The normalized spacial score (nSPS) is 21.5. The third kappa shape index (κ3) is 5.39. The molecule has 8 heteroatoms. The van der Waals surface area contributed by atoms with E-state index >= 15 is 0 Å². The standard InChI is InChI=1S/C17H26ClN3O3S/c18-17-4-2-1-3-16(17)14-20-7-5-15(6-8-20)13-19-25(22,23)21-9-11-24-12-10-21/h1-4,15,19H,5-14H2. The Morgan fingerprint density at radius 3 is 2.48 bits per heavy atom. The van der Waals surface area contributed by atoms with Gasteiger partial charge in [-0.1, -0.05) is 29.8 Å². The van der Waals surface area contributed by atoms with Crippen LogP contribution in [-0.2, 0) is 21.5 Å². The first-order chi connectivity index (χ1) is 12.0. The van der Waals surface area contributed by atoms with Crippen molar-refractivity contribution in [3.05, 3.63) is 34.9 Å². The molecule has 2 saturated heterocycles. The van der Waals surface area contributed by atoms with Gasteiger partial charge >= 0.3 is 0 Å². The molecule has 0 atom stereocenters. The lowest BCUT2D eigenvalue weighted by Crippen LogP contribution is -2.48. The van der Waals surface area contributed by atoms with E-state index in [1.54, 1.807) is 0 Å². The molecule has 2 aliphatic rings. The highest BCUT2D eigenvalue weighted by atomic mass is 35.5. The van der Waals surface area contributed by atoms with Gasteiger partial charge in [-0.3, -0.25) is 4.90 Å². The van der Waals surface area contributed by atoms with Gasteiger partial charge in [0.1, 0.15) is 0 Å². The van der Waals surface area contributed by atoms with E-state index in [1.165, 1.54) is 4.31 Å². The fraction of sp³-hybridized carbons (Fsp3) is 0.647. The molecular formula is C17H26ClN3O3S. The number of nitrogens with zero attached hydrogens (tertiary/aromatic N) is 2. The predicted octanol–water partition coefficient (Wildman–Crippen LogP) is 1.72. The number of nitrogens with one attached hydrogen (secondary N) is 1. The van der Waals surface area contributed by atoms with E-state index in [0.717, 1.165) is 43.1 Å². The predicted molar refractivity (Wildman–Crippen MR) is 98.8 cm³/mol. The first kappa shape index (κ1) is 19.1. The second-order valence-corrected chi connectivity index (χ2v) is 8.84. The molecule has 2 fully saturated rings. The minimum absolute atomic E-state index is 0.387. The molecular weight excluding hydrogens is 362 g/mol. The molecule has 0 aliphatic carbocycles. The Labute approximate surface area is 155 Å². The van der Waals surface area contributed by atoms with E-state index in [-0.39, 0.29) is 0 Å². The molecule has 0 saturated carbocycles. The number of benzene rings is 1. The number of morpholine rings is 1. The zero-order valence-corrected chi connectivity index (χ0v) is 15.9. The van der Waals surface area contributed by atoms with Gasteiger partial charge in [-0.05, 0) is 43.5 Å². The molecule has 2 heterocycles. The van der Waals surface area contributed by atoms with Crippen LogP contribution in [0.15, 0.2) is 24.3 Å². The summed E-state index contributed by atoms with van der Waals surface area (Å²) in [5, 5.41) is 0.808. The quantitative estimate of drug-likeness (QED) is 0.807. The molecule has 2 aliphatic heterocycles. The Morgan fingerprint density at radius 1 is 1.12 bits per heavy atom. The lowest BCUT2D eigenvalue weighted by molar-refractivity contribution is 0.0723. The Hall–Kier alpha value is -0.700. The van der Waals surface area contributed by atoms with Gasteiger partial charge in [0, 0.05) is 31.2 Å². The third-order valence-electron chi connectivity index (χ3n) is 4.92. The van der Waals surface area contributed by atoms with Crippen LogP contribution in [0.4, 0.5) is 0 Å². The van der Waals surface area contributed by atoms with Crippen LogP contribution >= 0.6 is 11.6 Å². The van der Waals surface area contributed by atoms with Crippen LogP contribution in [0, 0.1) is 5.92 Å². The van der Waals surface area contributed by atoms with Crippen LogP contribution in [0.3, 0.4) is 0 Å². The van der Waals surface area contributed by atoms with Gasteiger partial charge in [0.25, 0.3) is 10.2 Å². The van der Waals surface area contributed by atoms with Crippen molar-refractivity contribution in [1.29, 1.82) is 0 Å². The van der Waals surface area contributed by atoms with Crippen LogP contribution < -0.4 is 4.72 Å². The molecule has 0 aromatic heterocycles. The molecule has 3 rings (SSSR count). The van der Waals surface area contributed by atoms with Gasteiger partial charge in [0.15, 0.2) is 0 Å². The van der Waals surface area contributed by atoms with E-state index in [2.05, 4.69) is 15.7 Å².